The maximum atomic E-state index is 13.3. The van der Waals surface area contributed by atoms with Crippen molar-refractivity contribution in [3.63, 3.8) is 0 Å². The number of hydrogen-bond donors (Lipinski definition) is 2. The van der Waals surface area contributed by atoms with Crippen LogP contribution in [0.4, 0.5) is 11.5 Å². The summed E-state index contributed by atoms with van der Waals surface area (Å²) in [5.74, 6) is 0.408. The maximum absolute atomic E-state index is 13.3. The summed E-state index contributed by atoms with van der Waals surface area (Å²) in [6.07, 6.45) is 2.99. The molecule has 0 radical (unpaired) electrons. The number of nitrogen functional groups attached to an aromatic ring is 1. The van der Waals surface area contributed by atoms with Crippen molar-refractivity contribution in [2.24, 2.45) is 0 Å². The number of benzene rings is 2. The first-order valence-electron chi connectivity index (χ1n) is 9.49. The summed E-state index contributed by atoms with van der Waals surface area (Å²) >= 11 is 12.8. The van der Waals surface area contributed by atoms with E-state index in [2.05, 4.69) is 15.3 Å². The van der Waals surface area contributed by atoms with Crippen molar-refractivity contribution in [2.75, 3.05) is 25.3 Å². The topological polar surface area (TPSA) is 104 Å². The second-order valence-corrected chi connectivity index (χ2v) is 7.61. The van der Waals surface area contributed by atoms with Gasteiger partial charge >= 0.3 is 0 Å². The summed E-state index contributed by atoms with van der Waals surface area (Å²) in [5.41, 5.74) is 8.58. The van der Waals surface area contributed by atoms with Crippen LogP contribution in [0.1, 0.15) is 15.9 Å². The van der Waals surface area contributed by atoms with Crippen LogP contribution >= 0.6 is 23.2 Å². The zero-order valence-corrected chi connectivity index (χ0v) is 18.7. The molecule has 0 saturated heterocycles. The molecule has 2 heterocycles. The number of methoxy groups -OCH3 is 2. The number of nitrogens with one attached hydrogen (secondary N) is 1. The van der Waals surface area contributed by atoms with E-state index in [-0.39, 0.29) is 21.6 Å². The molecule has 0 atom stereocenters. The van der Waals surface area contributed by atoms with E-state index in [4.69, 9.17) is 38.4 Å². The normalized spacial score (nSPS) is 10.9. The smallest absolute Gasteiger partial charge is 0.259 e. The molecule has 2 aromatic heterocycles. The van der Waals surface area contributed by atoms with Gasteiger partial charge in [0.05, 0.1) is 25.5 Å². The van der Waals surface area contributed by atoms with Crippen LogP contribution in [0.25, 0.3) is 11.0 Å². The van der Waals surface area contributed by atoms with Crippen LogP contribution in [0.15, 0.2) is 48.9 Å². The van der Waals surface area contributed by atoms with E-state index >= 15 is 0 Å². The molecule has 0 spiro atoms. The highest BCUT2D eigenvalue weighted by atomic mass is 35.5. The number of carbonyl (C=O) groups excluding carboxylic acids is 1. The second-order valence-electron chi connectivity index (χ2n) is 6.85. The maximum Gasteiger partial charge on any atom is 0.259 e. The Kier molecular flexibility index (Phi) is 6.07. The number of nitrogens with two attached hydrogens (primary N) is 1. The van der Waals surface area contributed by atoms with E-state index in [0.29, 0.717) is 34.6 Å². The van der Waals surface area contributed by atoms with Gasteiger partial charge in [-0.05, 0) is 5.56 Å². The summed E-state index contributed by atoms with van der Waals surface area (Å²) in [6, 6.07) is 11.3. The number of halogens is 2. The molecule has 0 aliphatic heterocycles. The minimum absolute atomic E-state index is 0.147. The SMILES string of the molecule is COc1cc(OC)c(Cl)c(NC(=O)c2cn(Cc3ccccc3)c3c(N)ncnc23)c1Cl. The number of nitrogens with zero attached hydrogens (tertiary/aromatic N) is 3. The van der Waals surface area contributed by atoms with E-state index in [0.717, 1.165) is 5.56 Å². The zero-order valence-electron chi connectivity index (χ0n) is 17.2. The van der Waals surface area contributed by atoms with Gasteiger partial charge in [0.15, 0.2) is 5.82 Å². The molecule has 4 aromatic rings. The Morgan fingerprint density at radius 3 is 2.38 bits per heavy atom. The third kappa shape index (κ3) is 3.90. The summed E-state index contributed by atoms with van der Waals surface area (Å²) < 4.78 is 12.4. The summed E-state index contributed by atoms with van der Waals surface area (Å²) in [5, 5.41) is 3.05. The fourth-order valence-corrected chi connectivity index (χ4v) is 4.00. The summed E-state index contributed by atoms with van der Waals surface area (Å²) in [4.78, 5) is 21.7. The van der Waals surface area contributed by atoms with Gasteiger partial charge in [0.25, 0.3) is 5.91 Å². The van der Waals surface area contributed by atoms with Gasteiger partial charge in [-0.25, -0.2) is 9.97 Å². The highest BCUT2D eigenvalue weighted by Crippen LogP contribution is 2.44. The molecular weight excluding hydrogens is 453 g/mol. The minimum atomic E-state index is -0.473. The monoisotopic (exact) mass is 471 g/mol. The molecule has 10 heteroatoms. The average molecular weight is 472 g/mol. The number of amides is 1. The molecule has 0 aliphatic carbocycles. The van der Waals surface area contributed by atoms with Crippen molar-refractivity contribution in [1.29, 1.82) is 0 Å². The highest BCUT2D eigenvalue weighted by molar-refractivity contribution is 6.42. The Morgan fingerprint density at radius 2 is 1.75 bits per heavy atom. The number of aromatic nitrogens is 3. The predicted molar refractivity (Wildman–Crippen MR) is 125 cm³/mol. The van der Waals surface area contributed by atoms with Crippen molar-refractivity contribution in [1.82, 2.24) is 14.5 Å². The van der Waals surface area contributed by atoms with Crippen LogP contribution in [0, 0.1) is 0 Å². The molecule has 164 valence electrons. The number of anilines is 2. The first-order chi connectivity index (χ1) is 15.4. The Balaban J connectivity index is 1.78. The van der Waals surface area contributed by atoms with Crippen LogP contribution < -0.4 is 20.5 Å². The van der Waals surface area contributed by atoms with Crippen molar-refractivity contribution in [3.8, 4) is 11.5 Å². The average Bonchev–Trinajstić information content (AvgIpc) is 3.17. The molecule has 8 nitrogen and oxygen atoms in total. The number of carbonyl (C=O) groups is 1. The van der Waals surface area contributed by atoms with E-state index < -0.39 is 5.91 Å². The number of hydrogen-bond acceptors (Lipinski definition) is 6. The third-order valence-electron chi connectivity index (χ3n) is 4.93. The molecule has 32 heavy (non-hydrogen) atoms. The van der Waals surface area contributed by atoms with Crippen molar-refractivity contribution in [3.05, 3.63) is 70.1 Å². The van der Waals surface area contributed by atoms with E-state index in [1.165, 1.54) is 20.5 Å². The third-order valence-corrected chi connectivity index (χ3v) is 5.68. The van der Waals surface area contributed by atoms with Gasteiger partial charge in [-0.2, -0.15) is 0 Å². The summed E-state index contributed by atoms with van der Waals surface area (Å²) in [7, 11) is 2.91. The van der Waals surface area contributed by atoms with E-state index in [1.54, 1.807) is 12.3 Å². The van der Waals surface area contributed by atoms with Crippen LogP contribution in [0.2, 0.25) is 10.0 Å². The Morgan fingerprint density at radius 1 is 1.09 bits per heavy atom. The fourth-order valence-electron chi connectivity index (χ4n) is 3.40. The highest BCUT2D eigenvalue weighted by Gasteiger charge is 2.23. The molecule has 0 bridgehead atoms. The zero-order chi connectivity index (χ0) is 22.8. The molecule has 2 aromatic carbocycles. The quantitative estimate of drug-likeness (QED) is 0.424. The van der Waals surface area contributed by atoms with Crippen LogP contribution in [0.3, 0.4) is 0 Å². The first kappa shape index (κ1) is 21.7. The number of fused-ring (bicyclic) bond motifs is 1. The van der Waals surface area contributed by atoms with E-state index in [1.807, 2.05) is 34.9 Å². The fraction of sp³-hybridized carbons (Fsp3) is 0.136. The Hall–Kier alpha value is -3.49. The van der Waals surface area contributed by atoms with Gasteiger partial charge < -0.3 is 25.1 Å². The largest absolute Gasteiger partial charge is 0.495 e. The molecule has 1 amide bonds. The van der Waals surface area contributed by atoms with Crippen LogP contribution in [-0.2, 0) is 6.54 Å². The van der Waals surface area contributed by atoms with E-state index in [9.17, 15) is 4.79 Å². The van der Waals surface area contributed by atoms with Gasteiger partial charge in [-0.15, -0.1) is 0 Å². The second kappa shape index (κ2) is 8.94. The molecule has 0 unspecified atom stereocenters. The van der Waals surface area contributed by atoms with Gasteiger partial charge in [0.2, 0.25) is 0 Å². The van der Waals surface area contributed by atoms with Gasteiger partial charge in [-0.1, -0.05) is 53.5 Å². The van der Waals surface area contributed by atoms with Crippen molar-refractivity contribution in [2.45, 2.75) is 6.54 Å². The van der Waals surface area contributed by atoms with Crippen molar-refractivity contribution < 1.29 is 14.3 Å². The lowest BCUT2D eigenvalue weighted by molar-refractivity contribution is 0.102. The van der Waals surface area contributed by atoms with Crippen molar-refractivity contribution >= 4 is 51.6 Å². The van der Waals surface area contributed by atoms with Gasteiger partial charge in [0.1, 0.15) is 38.9 Å². The number of ether oxygens (including phenoxy) is 2. The van der Waals surface area contributed by atoms with Crippen LogP contribution in [-0.4, -0.2) is 34.7 Å². The van der Waals surface area contributed by atoms with Crippen LogP contribution in [0.5, 0.6) is 11.5 Å². The molecular formula is C22H19Cl2N5O3. The lowest BCUT2D eigenvalue weighted by Crippen LogP contribution is -2.13. The molecule has 3 N–H and O–H groups in total. The van der Waals surface area contributed by atoms with Gasteiger partial charge in [0, 0.05) is 18.8 Å². The molecule has 0 saturated carbocycles. The number of rotatable bonds is 6. The standard InChI is InChI=1S/C22H19Cl2N5O3/c1-31-14-8-15(32-2)17(24)19(16(14)23)28-22(30)13-10-29(9-12-6-4-3-5-7-12)20-18(13)26-11-27-21(20)25/h3-8,10-11H,9H2,1-2H3,(H,28,30)(H2,25,26,27). The lowest BCUT2D eigenvalue weighted by atomic mass is 10.2. The molecule has 4 rings (SSSR count). The lowest BCUT2D eigenvalue weighted by Gasteiger charge is -2.15. The molecule has 0 aliphatic rings. The van der Waals surface area contributed by atoms with Gasteiger partial charge in [-0.3, -0.25) is 4.79 Å². The molecule has 0 fully saturated rings. The first-order valence-corrected chi connectivity index (χ1v) is 10.2. The summed E-state index contributed by atoms with van der Waals surface area (Å²) in [6.45, 7) is 0.483. The predicted octanol–water partition coefficient (Wildman–Crippen LogP) is 4.64. The Bertz CT molecular complexity index is 1280. The Labute approximate surface area is 193 Å². The minimum Gasteiger partial charge on any atom is -0.495 e.